The smallest absolute Gasteiger partial charge is 0.293 e. The van der Waals surface area contributed by atoms with Crippen molar-refractivity contribution in [3.63, 3.8) is 0 Å². The van der Waals surface area contributed by atoms with Gasteiger partial charge in [0, 0.05) is 36.2 Å². The first-order valence-corrected chi connectivity index (χ1v) is 8.37. The first-order valence-electron chi connectivity index (χ1n) is 7.49. The van der Waals surface area contributed by atoms with Gasteiger partial charge in [0.15, 0.2) is 11.6 Å². The number of thiophene rings is 1. The maximum atomic E-state index is 10.9. The summed E-state index contributed by atoms with van der Waals surface area (Å²) >= 11 is 1.64. The van der Waals surface area contributed by atoms with Crippen molar-refractivity contribution in [3.8, 4) is 10.4 Å². The van der Waals surface area contributed by atoms with Crippen molar-refractivity contribution in [2.45, 2.75) is 26.4 Å². The molecule has 0 aliphatic rings. The lowest BCUT2D eigenvalue weighted by atomic mass is 10.1. The van der Waals surface area contributed by atoms with Gasteiger partial charge in [0.25, 0.3) is 0 Å². The highest BCUT2D eigenvalue weighted by atomic mass is 32.1. The molecule has 7 heteroatoms. The molecule has 0 bridgehead atoms. The maximum absolute atomic E-state index is 10.9. The molecule has 0 saturated heterocycles. The summed E-state index contributed by atoms with van der Waals surface area (Å²) in [4.78, 5) is 20.3. The van der Waals surface area contributed by atoms with Crippen LogP contribution in [0.5, 0.6) is 0 Å². The fourth-order valence-corrected chi connectivity index (χ4v) is 2.52. The molecule has 2 rings (SSSR count). The van der Waals surface area contributed by atoms with E-state index >= 15 is 0 Å². The van der Waals surface area contributed by atoms with Crippen LogP contribution in [0.25, 0.3) is 10.4 Å². The van der Waals surface area contributed by atoms with Crippen LogP contribution in [0.2, 0.25) is 0 Å². The van der Waals surface area contributed by atoms with Crippen LogP contribution in [0.15, 0.2) is 51.8 Å². The van der Waals surface area contributed by atoms with Crippen molar-refractivity contribution in [2.75, 3.05) is 7.05 Å². The molecule has 0 aliphatic carbocycles. The van der Waals surface area contributed by atoms with E-state index in [1.165, 1.54) is 18.7 Å². The number of ketones is 1. The molecule has 2 aromatic rings. The zero-order valence-electron chi connectivity index (χ0n) is 14.2. The van der Waals surface area contributed by atoms with Crippen molar-refractivity contribution in [3.05, 3.63) is 47.3 Å². The van der Waals surface area contributed by atoms with Gasteiger partial charge < -0.3 is 0 Å². The lowest BCUT2D eigenvalue weighted by Gasteiger charge is -1.96. The number of carbonyl (C=O) groups excluding carboxylic acids is 1. The van der Waals surface area contributed by atoms with E-state index in [0.717, 1.165) is 17.4 Å². The van der Waals surface area contributed by atoms with Crippen LogP contribution >= 0.6 is 11.3 Å². The normalized spacial score (nSPS) is 12.0. The van der Waals surface area contributed by atoms with Gasteiger partial charge in [-0.25, -0.2) is 4.99 Å². The van der Waals surface area contributed by atoms with Gasteiger partial charge in [0.1, 0.15) is 0 Å². The standard InChI is InChI=1S/C15H14N2OS.C3H5F3/c1-11(18)9-17-15(16-2)13-8-14(19-10-13)12-6-4-3-5-7-12;1-2-3(4,5)6/h3-10H,1-2H3;2H2,1H3. The van der Waals surface area contributed by atoms with Crippen LogP contribution < -0.4 is 0 Å². The second-order valence-electron chi connectivity index (χ2n) is 4.95. The van der Waals surface area contributed by atoms with Crippen molar-refractivity contribution in [2.24, 2.45) is 9.98 Å². The molecule has 1 aromatic heterocycles. The minimum Gasteiger partial charge on any atom is -0.293 e. The summed E-state index contributed by atoms with van der Waals surface area (Å²) < 4.78 is 32.4. The van der Waals surface area contributed by atoms with Crippen molar-refractivity contribution >= 4 is 29.2 Å². The summed E-state index contributed by atoms with van der Waals surface area (Å²) in [5.41, 5.74) is 2.11. The molecular formula is C18H19F3N2OS. The first-order chi connectivity index (χ1) is 11.8. The molecule has 0 fully saturated rings. The second kappa shape index (κ2) is 9.88. The molecule has 0 N–H and O–H groups in total. The van der Waals surface area contributed by atoms with E-state index in [-0.39, 0.29) is 5.78 Å². The molecule has 0 atom stereocenters. The Hall–Kier alpha value is -2.28. The highest BCUT2D eigenvalue weighted by molar-refractivity contribution is 7.13. The molecule has 0 spiro atoms. The van der Waals surface area contributed by atoms with Gasteiger partial charge in [0.2, 0.25) is 0 Å². The molecule has 25 heavy (non-hydrogen) atoms. The van der Waals surface area contributed by atoms with Gasteiger partial charge in [-0.3, -0.25) is 9.79 Å². The number of halogens is 3. The Morgan fingerprint density at radius 1 is 1.24 bits per heavy atom. The molecule has 3 nitrogen and oxygen atoms in total. The summed E-state index contributed by atoms with van der Waals surface area (Å²) in [5, 5.41) is 2.00. The molecular weight excluding hydrogens is 349 g/mol. The Bertz CT molecular complexity index is 734. The minimum absolute atomic E-state index is 0.0836. The number of hydrogen-bond donors (Lipinski definition) is 0. The number of benzene rings is 1. The van der Waals surface area contributed by atoms with E-state index in [0.29, 0.717) is 5.84 Å². The molecule has 1 heterocycles. The first kappa shape index (κ1) is 20.8. The number of hydrogen-bond acceptors (Lipinski definition) is 3. The SMILES string of the molecule is CCC(F)(F)F.CN=C(N=CC(C)=O)c1csc(-c2ccccc2)c1. The predicted molar refractivity (Wildman–Crippen MR) is 97.7 cm³/mol. The highest BCUT2D eigenvalue weighted by Gasteiger charge is 2.22. The topological polar surface area (TPSA) is 41.8 Å². The number of alkyl halides is 3. The molecule has 134 valence electrons. The van der Waals surface area contributed by atoms with Crippen molar-refractivity contribution < 1.29 is 18.0 Å². The second-order valence-corrected chi connectivity index (χ2v) is 5.86. The Morgan fingerprint density at radius 2 is 1.84 bits per heavy atom. The minimum atomic E-state index is -3.96. The Balaban J connectivity index is 0.000000450. The number of amidine groups is 1. The van der Waals surface area contributed by atoms with Crippen LogP contribution in [-0.4, -0.2) is 31.1 Å². The fraction of sp³-hybridized carbons (Fsp3) is 0.278. The number of carbonyl (C=O) groups is 1. The maximum Gasteiger partial charge on any atom is 0.388 e. The quantitative estimate of drug-likeness (QED) is 0.527. The van der Waals surface area contributed by atoms with Gasteiger partial charge in [0.05, 0.1) is 6.21 Å². The summed E-state index contributed by atoms with van der Waals surface area (Å²) in [5.74, 6) is 0.494. The lowest BCUT2D eigenvalue weighted by molar-refractivity contribution is -0.130. The summed E-state index contributed by atoms with van der Waals surface area (Å²) in [6.45, 7) is 2.56. The lowest BCUT2D eigenvalue weighted by Crippen LogP contribution is -2.02. The van der Waals surface area contributed by atoms with Crippen molar-refractivity contribution in [1.82, 2.24) is 0 Å². The molecule has 0 saturated carbocycles. The van der Waals surface area contributed by atoms with Crippen LogP contribution in [0.3, 0.4) is 0 Å². The summed E-state index contributed by atoms with van der Waals surface area (Å²) in [6.07, 6.45) is -3.39. The molecule has 0 aliphatic heterocycles. The van der Waals surface area contributed by atoms with E-state index < -0.39 is 12.6 Å². The zero-order chi connectivity index (χ0) is 18.9. The monoisotopic (exact) mass is 368 g/mol. The largest absolute Gasteiger partial charge is 0.388 e. The average Bonchev–Trinajstić information content (AvgIpc) is 3.06. The van der Waals surface area contributed by atoms with E-state index in [1.807, 2.05) is 29.6 Å². The van der Waals surface area contributed by atoms with E-state index in [9.17, 15) is 18.0 Å². The van der Waals surface area contributed by atoms with Crippen LogP contribution in [-0.2, 0) is 4.79 Å². The van der Waals surface area contributed by atoms with Gasteiger partial charge in [-0.05, 0) is 11.6 Å². The molecule has 0 amide bonds. The van der Waals surface area contributed by atoms with E-state index in [2.05, 4.69) is 22.1 Å². The third-order valence-electron chi connectivity index (χ3n) is 2.90. The van der Waals surface area contributed by atoms with E-state index in [4.69, 9.17) is 0 Å². The van der Waals surface area contributed by atoms with Crippen LogP contribution in [0, 0.1) is 0 Å². The van der Waals surface area contributed by atoms with Crippen molar-refractivity contribution in [1.29, 1.82) is 0 Å². The highest BCUT2D eigenvalue weighted by Crippen LogP contribution is 2.27. The molecule has 0 radical (unpaired) electrons. The predicted octanol–water partition coefficient (Wildman–Crippen LogP) is 5.41. The number of Topliss-reactive ketones (excluding diaryl/α,β-unsaturated/α-hetero) is 1. The molecule has 1 aromatic carbocycles. The van der Waals surface area contributed by atoms with Gasteiger partial charge >= 0.3 is 6.18 Å². The number of aliphatic imine (C=N–C) groups is 2. The van der Waals surface area contributed by atoms with Gasteiger partial charge in [-0.1, -0.05) is 37.3 Å². The molecule has 0 unspecified atom stereocenters. The van der Waals surface area contributed by atoms with E-state index in [1.54, 1.807) is 18.4 Å². The zero-order valence-corrected chi connectivity index (χ0v) is 15.0. The number of rotatable bonds is 3. The summed E-state index contributed by atoms with van der Waals surface area (Å²) in [7, 11) is 1.67. The average molecular weight is 368 g/mol. The Labute approximate surface area is 149 Å². The van der Waals surface area contributed by atoms with Gasteiger partial charge in [-0.2, -0.15) is 13.2 Å². The van der Waals surface area contributed by atoms with Gasteiger partial charge in [-0.15, -0.1) is 11.3 Å². The third-order valence-corrected chi connectivity index (χ3v) is 3.88. The van der Waals surface area contributed by atoms with Crippen LogP contribution in [0.4, 0.5) is 13.2 Å². The third kappa shape index (κ3) is 7.89. The number of nitrogens with zero attached hydrogens (tertiary/aromatic N) is 2. The van der Waals surface area contributed by atoms with Crippen LogP contribution in [0.1, 0.15) is 25.8 Å². The summed E-state index contributed by atoms with van der Waals surface area (Å²) in [6, 6.07) is 12.2. The Morgan fingerprint density at radius 3 is 2.32 bits per heavy atom. The Kier molecular flexibility index (Phi) is 8.21. The fourth-order valence-electron chi connectivity index (χ4n) is 1.62.